The minimum absolute atomic E-state index is 0. The van der Waals surface area contributed by atoms with Crippen molar-refractivity contribution in [3.05, 3.63) is 42.0 Å². The Kier molecular flexibility index (Phi) is 15.7. The van der Waals surface area contributed by atoms with Gasteiger partial charge in [-0.15, -0.1) is 30.6 Å². The molecule has 5 nitrogen and oxygen atoms in total. The Hall–Kier alpha value is -0.930. The molecule has 0 bridgehead atoms. The van der Waals surface area contributed by atoms with Crippen LogP contribution >= 0.6 is 35.7 Å². The third-order valence-electron chi connectivity index (χ3n) is 3.36. The van der Waals surface area contributed by atoms with E-state index in [-0.39, 0.29) is 24.0 Å². The standard InChI is InChI=1S/C19H31N3O2S.HI/c1-5-12-25-13-9-21-19(20-4)22-15-17-8-7-16(3)14-18(17)24-11-10-23-6-2;/h5,7-8,14H,1,6,9-13,15H2,2-4H3,(H2,20,21,22);1H. The Bertz CT molecular complexity index is 542. The van der Waals surface area contributed by atoms with Crippen molar-refractivity contribution in [2.75, 3.05) is 44.9 Å². The van der Waals surface area contributed by atoms with E-state index in [4.69, 9.17) is 9.47 Å². The average Bonchev–Trinajstić information content (AvgIpc) is 2.62. The Morgan fingerprint density at radius 3 is 2.81 bits per heavy atom. The number of guanidine groups is 1. The molecule has 0 aliphatic carbocycles. The van der Waals surface area contributed by atoms with Gasteiger partial charge >= 0.3 is 0 Å². The van der Waals surface area contributed by atoms with Crippen molar-refractivity contribution < 1.29 is 9.47 Å². The number of aryl methyl sites for hydroxylation is 1. The molecule has 0 saturated carbocycles. The minimum Gasteiger partial charge on any atom is -0.491 e. The molecule has 0 unspecified atom stereocenters. The van der Waals surface area contributed by atoms with Gasteiger partial charge in [0.1, 0.15) is 12.4 Å². The maximum absolute atomic E-state index is 5.87. The lowest BCUT2D eigenvalue weighted by atomic mass is 10.1. The number of hydrogen-bond donors (Lipinski definition) is 2. The molecule has 1 aromatic carbocycles. The van der Waals surface area contributed by atoms with E-state index in [2.05, 4.69) is 47.3 Å². The largest absolute Gasteiger partial charge is 0.491 e. The van der Waals surface area contributed by atoms with Crippen LogP contribution in [0, 0.1) is 6.92 Å². The second-order valence-corrected chi connectivity index (χ2v) is 6.52. The van der Waals surface area contributed by atoms with Crippen molar-refractivity contribution in [2.24, 2.45) is 4.99 Å². The molecule has 0 aromatic heterocycles. The van der Waals surface area contributed by atoms with Crippen LogP contribution in [0.3, 0.4) is 0 Å². The SMILES string of the molecule is C=CCSCCNC(=NC)NCc1ccc(C)cc1OCCOCC.I. The predicted octanol–water partition coefficient (Wildman–Crippen LogP) is 3.61. The van der Waals surface area contributed by atoms with Gasteiger partial charge in [0.2, 0.25) is 0 Å². The molecule has 1 aromatic rings. The number of rotatable bonds is 12. The fourth-order valence-corrected chi connectivity index (χ4v) is 2.68. The normalized spacial score (nSPS) is 10.8. The van der Waals surface area contributed by atoms with Gasteiger partial charge in [-0.2, -0.15) is 11.8 Å². The molecule has 0 fully saturated rings. The summed E-state index contributed by atoms with van der Waals surface area (Å²) in [5.74, 6) is 3.67. The van der Waals surface area contributed by atoms with Gasteiger partial charge in [-0.1, -0.05) is 18.2 Å². The zero-order valence-electron chi connectivity index (χ0n) is 16.0. The van der Waals surface area contributed by atoms with Gasteiger partial charge in [0, 0.05) is 43.8 Å². The van der Waals surface area contributed by atoms with Crippen LogP contribution in [0.1, 0.15) is 18.1 Å². The molecule has 0 spiro atoms. The maximum Gasteiger partial charge on any atom is 0.191 e. The fourth-order valence-electron chi connectivity index (χ4n) is 2.10. The van der Waals surface area contributed by atoms with E-state index in [1.54, 1.807) is 7.05 Å². The smallest absolute Gasteiger partial charge is 0.191 e. The zero-order chi connectivity index (χ0) is 18.3. The molecule has 0 radical (unpaired) electrons. The van der Waals surface area contributed by atoms with Gasteiger partial charge in [0.25, 0.3) is 0 Å². The van der Waals surface area contributed by atoms with Crippen LogP contribution in [0.5, 0.6) is 5.75 Å². The van der Waals surface area contributed by atoms with Crippen molar-refractivity contribution in [2.45, 2.75) is 20.4 Å². The lowest BCUT2D eigenvalue weighted by Gasteiger charge is -2.15. The predicted molar refractivity (Wildman–Crippen MR) is 124 cm³/mol. The molecule has 2 N–H and O–H groups in total. The molecule has 0 atom stereocenters. The quantitative estimate of drug-likeness (QED) is 0.153. The number of halogens is 1. The molecule has 0 amide bonds. The summed E-state index contributed by atoms with van der Waals surface area (Å²) >= 11 is 1.84. The Labute approximate surface area is 179 Å². The highest BCUT2D eigenvalue weighted by atomic mass is 127. The topological polar surface area (TPSA) is 54.9 Å². The van der Waals surface area contributed by atoms with Crippen molar-refractivity contribution in [1.82, 2.24) is 10.6 Å². The Morgan fingerprint density at radius 1 is 1.31 bits per heavy atom. The zero-order valence-corrected chi connectivity index (χ0v) is 19.2. The summed E-state index contributed by atoms with van der Waals surface area (Å²) in [5, 5.41) is 6.65. The number of hydrogen-bond acceptors (Lipinski definition) is 4. The number of thioether (sulfide) groups is 1. The second-order valence-electron chi connectivity index (χ2n) is 5.37. The summed E-state index contributed by atoms with van der Waals surface area (Å²) in [4.78, 5) is 4.26. The van der Waals surface area contributed by atoms with Gasteiger partial charge in [-0.25, -0.2) is 0 Å². The first kappa shape index (κ1) is 25.1. The average molecular weight is 493 g/mol. The summed E-state index contributed by atoms with van der Waals surface area (Å²) in [5.41, 5.74) is 2.28. The van der Waals surface area contributed by atoms with E-state index in [1.165, 1.54) is 5.56 Å². The number of benzene rings is 1. The lowest BCUT2D eigenvalue weighted by Crippen LogP contribution is -2.38. The fraction of sp³-hybridized carbons (Fsp3) is 0.526. The van der Waals surface area contributed by atoms with Crippen LogP contribution < -0.4 is 15.4 Å². The summed E-state index contributed by atoms with van der Waals surface area (Å²) in [6.07, 6.45) is 1.92. The van der Waals surface area contributed by atoms with Crippen molar-refractivity contribution in [3.63, 3.8) is 0 Å². The van der Waals surface area contributed by atoms with Crippen LogP contribution in [0.4, 0.5) is 0 Å². The third-order valence-corrected chi connectivity index (χ3v) is 4.32. The van der Waals surface area contributed by atoms with Crippen LogP contribution in [-0.4, -0.2) is 50.9 Å². The molecule has 0 saturated heterocycles. The summed E-state index contributed by atoms with van der Waals surface area (Å²) in [6, 6.07) is 6.24. The third kappa shape index (κ3) is 10.9. The minimum atomic E-state index is 0. The first-order chi connectivity index (χ1) is 12.2. The number of nitrogens with one attached hydrogen (secondary N) is 2. The van der Waals surface area contributed by atoms with Crippen LogP contribution in [0.25, 0.3) is 0 Å². The first-order valence-electron chi connectivity index (χ1n) is 8.64. The Morgan fingerprint density at radius 2 is 2.12 bits per heavy atom. The molecule has 26 heavy (non-hydrogen) atoms. The molecule has 148 valence electrons. The summed E-state index contributed by atoms with van der Waals surface area (Å²) in [7, 11) is 1.78. The molecule has 0 heterocycles. The van der Waals surface area contributed by atoms with E-state index in [1.807, 2.05) is 24.8 Å². The van der Waals surface area contributed by atoms with Gasteiger partial charge < -0.3 is 20.1 Å². The van der Waals surface area contributed by atoms with E-state index < -0.39 is 0 Å². The van der Waals surface area contributed by atoms with Crippen LogP contribution in [-0.2, 0) is 11.3 Å². The van der Waals surface area contributed by atoms with E-state index in [9.17, 15) is 0 Å². The molecule has 1 rings (SSSR count). The molecule has 0 aliphatic rings. The van der Waals surface area contributed by atoms with Crippen LogP contribution in [0.15, 0.2) is 35.8 Å². The van der Waals surface area contributed by atoms with Gasteiger partial charge in [0.05, 0.1) is 6.61 Å². The lowest BCUT2D eigenvalue weighted by molar-refractivity contribution is 0.110. The Balaban J connectivity index is 0.00000625. The van der Waals surface area contributed by atoms with Gasteiger partial charge in [-0.3, -0.25) is 4.99 Å². The monoisotopic (exact) mass is 493 g/mol. The maximum atomic E-state index is 5.87. The molecule has 7 heteroatoms. The highest BCUT2D eigenvalue weighted by molar-refractivity contribution is 14.0. The summed E-state index contributed by atoms with van der Waals surface area (Å²) in [6.45, 7) is 11.1. The van der Waals surface area contributed by atoms with Gasteiger partial charge in [-0.05, 0) is 25.5 Å². The summed E-state index contributed by atoms with van der Waals surface area (Å²) < 4.78 is 11.2. The van der Waals surface area contributed by atoms with Crippen molar-refractivity contribution >= 4 is 41.7 Å². The molecular weight excluding hydrogens is 461 g/mol. The molecule has 0 aliphatic heterocycles. The van der Waals surface area contributed by atoms with E-state index >= 15 is 0 Å². The highest BCUT2D eigenvalue weighted by Gasteiger charge is 2.06. The van der Waals surface area contributed by atoms with Gasteiger partial charge in [0.15, 0.2) is 5.96 Å². The van der Waals surface area contributed by atoms with E-state index in [0.717, 1.165) is 35.3 Å². The second kappa shape index (κ2) is 16.3. The number of nitrogens with zero attached hydrogens (tertiary/aromatic N) is 1. The first-order valence-corrected chi connectivity index (χ1v) is 9.80. The van der Waals surface area contributed by atoms with Crippen LogP contribution in [0.2, 0.25) is 0 Å². The highest BCUT2D eigenvalue weighted by Crippen LogP contribution is 2.20. The van der Waals surface area contributed by atoms with Crippen molar-refractivity contribution in [3.8, 4) is 5.75 Å². The number of ether oxygens (including phenoxy) is 2. The van der Waals surface area contributed by atoms with E-state index in [0.29, 0.717) is 26.4 Å². The number of aliphatic imine (C=N–C) groups is 1. The molecular formula is C19H32IN3O2S. The van der Waals surface area contributed by atoms with Crippen molar-refractivity contribution in [1.29, 1.82) is 0 Å².